The third-order valence-corrected chi connectivity index (χ3v) is 3.30. The van der Waals surface area contributed by atoms with Crippen molar-refractivity contribution >= 4 is 17.1 Å². The molecule has 0 amide bonds. The Morgan fingerprint density at radius 2 is 1.85 bits per heavy atom. The summed E-state index contributed by atoms with van der Waals surface area (Å²) in [6.07, 6.45) is 0. The molecule has 0 saturated carbocycles. The van der Waals surface area contributed by atoms with Gasteiger partial charge in [0.15, 0.2) is 11.2 Å². The predicted octanol–water partition coefficient (Wildman–Crippen LogP) is -0.693. The summed E-state index contributed by atoms with van der Waals surface area (Å²) in [4.78, 5) is 29.0. The summed E-state index contributed by atoms with van der Waals surface area (Å²) < 4.78 is 4.40. The Balaban J connectivity index is 2.83. The fourth-order valence-corrected chi connectivity index (χ4v) is 2.27. The topological polar surface area (TPSA) is 99.9 Å². The number of aromatic nitrogens is 4. The van der Waals surface area contributed by atoms with E-state index in [1.807, 2.05) is 6.92 Å². The van der Waals surface area contributed by atoms with Crippen LogP contribution in [-0.2, 0) is 20.1 Å². The molecule has 0 spiro atoms. The molecular formula is C12H20N6O2. The highest BCUT2D eigenvalue weighted by molar-refractivity contribution is 5.74. The van der Waals surface area contributed by atoms with Gasteiger partial charge in [0.05, 0.1) is 0 Å². The number of nitrogens with two attached hydrogens (primary N) is 1. The minimum absolute atomic E-state index is 0.312. The van der Waals surface area contributed by atoms with Crippen molar-refractivity contribution in [2.24, 2.45) is 12.8 Å². The quantitative estimate of drug-likeness (QED) is 0.755. The molecule has 0 radical (unpaired) electrons. The summed E-state index contributed by atoms with van der Waals surface area (Å²) in [5.74, 6) is 0.540. The molecule has 0 bridgehead atoms. The highest BCUT2D eigenvalue weighted by Crippen LogP contribution is 2.13. The van der Waals surface area contributed by atoms with Crippen molar-refractivity contribution in [2.45, 2.75) is 26.9 Å². The van der Waals surface area contributed by atoms with Crippen LogP contribution in [0.2, 0.25) is 0 Å². The third-order valence-electron chi connectivity index (χ3n) is 3.30. The molecule has 3 N–H and O–H groups in total. The van der Waals surface area contributed by atoms with Crippen molar-refractivity contribution in [3.63, 3.8) is 0 Å². The standard InChI is InChI=1S/C12H20N6O2/c1-4-17-9-8(10(19)18(5-2)12(17)20)16(3)11(15-9)14-7-6-13/h4-7,13H2,1-3H3,(H,14,15). The van der Waals surface area contributed by atoms with Gasteiger partial charge in [-0.05, 0) is 13.8 Å². The van der Waals surface area contributed by atoms with Crippen LogP contribution in [0.25, 0.3) is 11.2 Å². The molecule has 0 aliphatic carbocycles. The molecule has 0 unspecified atom stereocenters. The highest BCUT2D eigenvalue weighted by atomic mass is 16.2. The van der Waals surface area contributed by atoms with E-state index in [1.54, 1.807) is 18.5 Å². The lowest BCUT2D eigenvalue weighted by molar-refractivity contribution is 0.604. The van der Waals surface area contributed by atoms with E-state index in [2.05, 4.69) is 10.3 Å². The molecule has 0 atom stereocenters. The number of aryl methyl sites for hydroxylation is 2. The summed E-state index contributed by atoms with van der Waals surface area (Å²) in [6, 6.07) is 0. The number of anilines is 1. The molecule has 110 valence electrons. The Morgan fingerprint density at radius 3 is 2.40 bits per heavy atom. The highest BCUT2D eigenvalue weighted by Gasteiger charge is 2.18. The molecule has 0 aliphatic rings. The van der Waals surface area contributed by atoms with Gasteiger partial charge >= 0.3 is 5.69 Å². The molecule has 0 aliphatic heterocycles. The SMILES string of the molecule is CCn1c(=O)c2c(nc(NCCN)n2C)n(CC)c1=O. The van der Waals surface area contributed by atoms with Gasteiger partial charge in [-0.1, -0.05) is 0 Å². The van der Waals surface area contributed by atoms with E-state index in [9.17, 15) is 9.59 Å². The van der Waals surface area contributed by atoms with Crippen LogP contribution in [0.15, 0.2) is 9.59 Å². The maximum atomic E-state index is 12.4. The maximum Gasteiger partial charge on any atom is 0.332 e. The smallest absolute Gasteiger partial charge is 0.332 e. The van der Waals surface area contributed by atoms with Gasteiger partial charge in [0.2, 0.25) is 5.95 Å². The molecular weight excluding hydrogens is 260 g/mol. The second kappa shape index (κ2) is 5.49. The van der Waals surface area contributed by atoms with Gasteiger partial charge in [-0.3, -0.25) is 13.9 Å². The molecule has 2 rings (SSSR count). The zero-order valence-electron chi connectivity index (χ0n) is 12.0. The molecule has 0 aromatic carbocycles. The van der Waals surface area contributed by atoms with Crippen molar-refractivity contribution in [3.8, 4) is 0 Å². The average molecular weight is 280 g/mol. The summed E-state index contributed by atoms with van der Waals surface area (Å²) in [6.45, 7) is 5.44. The second-order valence-electron chi connectivity index (χ2n) is 4.46. The van der Waals surface area contributed by atoms with Gasteiger partial charge in [0.1, 0.15) is 0 Å². The number of nitrogens with one attached hydrogen (secondary N) is 1. The Hall–Kier alpha value is -2.09. The van der Waals surface area contributed by atoms with Gasteiger partial charge in [-0.2, -0.15) is 4.98 Å². The van der Waals surface area contributed by atoms with Crippen LogP contribution >= 0.6 is 0 Å². The molecule has 2 aromatic heterocycles. The molecule has 20 heavy (non-hydrogen) atoms. The third kappa shape index (κ3) is 2.01. The summed E-state index contributed by atoms with van der Waals surface area (Å²) in [5.41, 5.74) is 5.66. The number of rotatable bonds is 5. The summed E-state index contributed by atoms with van der Waals surface area (Å²) in [5, 5.41) is 3.05. The molecule has 0 fully saturated rings. The van der Waals surface area contributed by atoms with Gasteiger partial charge in [-0.25, -0.2) is 4.79 Å². The summed E-state index contributed by atoms with van der Waals surface area (Å²) in [7, 11) is 1.75. The second-order valence-corrected chi connectivity index (χ2v) is 4.46. The van der Waals surface area contributed by atoms with Crippen LogP contribution in [-0.4, -0.2) is 31.8 Å². The Bertz CT molecular complexity index is 739. The first-order valence-electron chi connectivity index (χ1n) is 6.70. The van der Waals surface area contributed by atoms with E-state index < -0.39 is 0 Å². The van der Waals surface area contributed by atoms with Crippen LogP contribution in [0, 0.1) is 0 Å². The fourth-order valence-electron chi connectivity index (χ4n) is 2.27. The Labute approximate surface area is 115 Å². The zero-order chi connectivity index (χ0) is 14.9. The van der Waals surface area contributed by atoms with E-state index >= 15 is 0 Å². The van der Waals surface area contributed by atoms with Gasteiger partial charge in [-0.15, -0.1) is 0 Å². The van der Waals surface area contributed by atoms with Crippen LogP contribution in [0.4, 0.5) is 5.95 Å². The minimum Gasteiger partial charge on any atom is -0.354 e. The lowest BCUT2D eigenvalue weighted by Gasteiger charge is -2.08. The van der Waals surface area contributed by atoms with E-state index in [1.165, 1.54) is 9.13 Å². The number of hydrogen-bond donors (Lipinski definition) is 2. The lowest BCUT2D eigenvalue weighted by Crippen LogP contribution is -2.39. The number of imidazole rings is 1. The van der Waals surface area contributed by atoms with E-state index in [-0.39, 0.29) is 11.2 Å². The van der Waals surface area contributed by atoms with E-state index in [0.29, 0.717) is 43.3 Å². The van der Waals surface area contributed by atoms with Crippen molar-refractivity contribution in [3.05, 3.63) is 20.8 Å². The zero-order valence-corrected chi connectivity index (χ0v) is 12.0. The van der Waals surface area contributed by atoms with Crippen molar-refractivity contribution < 1.29 is 0 Å². The van der Waals surface area contributed by atoms with E-state index in [4.69, 9.17) is 5.73 Å². The van der Waals surface area contributed by atoms with Crippen LogP contribution in [0.1, 0.15) is 13.8 Å². The van der Waals surface area contributed by atoms with Crippen molar-refractivity contribution in [2.75, 3.05) is 18.4 Å². The molecule has 2 aromatic rings. The van der Waals surface area contributed by atoms with Crippen molar-refractivity contribution in [1.29, 1.82) is 0 Å². The molecule has 8 nitrogen and oxygen atoms in total. The number of hydrogen-bond acceptors (Lipinski definition) is 5. The van der Waals surface area contributed by atoms with Crippen LogP contribution in [0.3, 0.4) is 0 Å². The fraction of sp³-hybridized carbons (Fsp3) is 0.583. The number of fused-ring (bicyclic) bond motifs is 1. The maximum absolute atomic E-state index is 12.4. The first-order chi connectivity index (χ1) is 9.56. The van der Waals surface area contributed by atoms with Gasteiger partial charge < -0.3 is 15.6 Å². The predicted molar refractivity (Wildman–Crippen MR) is 78.1 cm³/mol. The molecule has 8 heteroatoms. The number of nitrogens with zero attached hydrogens (tertiary/aromatic N) is 4. The largest absolute Gasteiger partial charge is 0.354 e. The van der Waals surface area contributed by atoms with Gasteiger partial charge in [0, 0.05) is 33.2 Å². The van der Waals surface area contributed by atoms with Crippen LogP contribution < -0.4 is 22.3 Å². The van der Waals surface area contributed by atoms with E-state index in [0.717, 1.165) is 0 Å². The first kappa shape index (κ1) is 14.3. The molecule has 0 saturated heterocycles. The molecule has 2 heterocycles. The Kier molecular flexibility index (Phi) is 3.93. The van der Waals surface area contributed by atoms with Crippen molar-refractivity contribution in [1.82, 2.24) is 18.7 Å². The Morgan fingerprint density at radius 1 is 1.20 bits per heavy atom. The lowest BCUT2D eigenvalue weighted by atomic mass is 10.4. The first-order valence-corrected chi connectivity index (χ1v) is 6.70. The normalized spacial score (nSPS) is 11.2. The van der Waals surface area contributed by atoms with Gasteiger partial charge in [0.25, 0.3) is 5.56 Å². The monoisotopic (exact) mass is 280 g/mol. The average Bonchev–Trinajstić information content (AvgIpc) is 2.75. The van der Waals surface area contributed by atoms with Crippen LogP contribution in [0.5, 0.6) is 0 Å². The minimum atomic E-state index is -0.323. The summed E-state index contributed by atoms with van der Waals surface area (Å²) >= 11 is 0.